The third-order valence-electron chi connectivity index (χ3n) is 7.41. The molecule has 2 heterocycles. The maximum atomic E-state index is 6.51. The lowest BCUT2D eigenvalue weighted by Gasteiger charge is -2.64. The van der Waals surface area contributed by atoms with Crippen molar-refractivity contribution in [1.82, 2.24) is 0 Å². The quantitative estimate of drug-likeness (QED) is 0.749. The van der Waals surface area contributed by atoms with Gasteiger partial charge in [-0.05, 0) is 55.1 Å². The van der Waals surface area contributed by atoms with Crippen LogP contribution >= 0.6 is 24.0 Å². The van der Waals surface area contributed by atoms with Gasteiger partial charge in [-0.15, -0.1) is 12.4 Å². The summed E-state index contributed by atoms with van der Waals surface area (Å²) in [6.07, 6.45) is 4.87. The second-order valence-electron chi connectivity index (χ2n) is 9.08. The minimum atomic E-state index is -0.371. The van der Waals surface area contributed by atoms with E-state index in [-0.39, 0.29) is 37.2 Å². The van der Waals surface area contributed by atoms with Crippen molar-refractivity contribution in [3.63, 3.8) is 0 Å². The van der Waals surface area contributed by atoms with Gasteiger partial charge >= 0.3 is 7.12 Å². The molecule has 0 spiro atoms. The van der Waals surface area contributed by atoms with E-state index in [0.29, 0.717) is 28.4 Å². The zero-order valence-corrected chi connectivity index (χ0v) is 17.5. The Balaban J connectivity index is 0.00000180. The number of hydrogen-bond donors (Lipinski definition) is 1. The summed E-state index contributed by atoms with van der Waals surface area (Å²) >= 11 is 6.21. The van der Waals surface area contributed by atoms with Gasteiger partial charge in [0, 0.05) is 11.3 Å². The third-order valence-corrected chi connectivity index (χ3v) is 7.70. The van der Waals surface area contributed by atoms with Crippen LogP contribution in [0.2, 0.25) is 5.02 Å². The standard InChI is InChI=1S/C20H25BClNO3.ClH/c1-19(2)12-8-15(19)20(3)16(9-12)25-21(26-20)17(23)7-11-10-24-18-13(11)5-4-6-14(18)22;/h4-6,10,12,15-17H,7-9,23H2,1-3H3;1H/t12-,15-,16+,17-,20-;/m0./s1. The van der Waals surface area contributed by atoms with Crippen molar-refractivity contribution in [2.75, 3.05) is 0 Å². The van der Waals surface area contributed by atoms with E-state index in [2.05, 4.69) is 20.8 Å². The molecule has 6 rings (SSSR count). The lowest BCUT2D eigenvalue weighted by molar-refractivity contribution is -0.199. The van der Waals surface area contributed by atoms with Crippen LogP contribution in [0.5, 0.6) is 0 Å². The highest BCUT2D eigenvalue weighted by molar-refractivity contribution is 6.47. The Morgan fingerprint density at radius 2 is 2.07 bits per heavy atom. The number of hydrogen-bond acceptors (Lipinski definition) is 4. The Labute approximate surface area is 171 Å². The molecule has 4 nitrogen and oxygen atoms in total. The van der Waals surface area contributed by atoms with Crippen LogP contribution in [-0.2, 0) is 15.7 Å². The van der Waals surface area contributed by atoms with Crippen LogP contribution in [0.4, 0.5) is 0 Å². The highest BCUT2D eigenvalue weighted by Gasteiger charge is 2.68. The van der Waals surface area contributed by atoms with E-state index in [9.17, 15) is 0 Å². The molecule has 7 heteroatoms. The lowest BCUT2D eigenvalue weighted by Crippen LogP contribution is -2.65. The second-order valence-corrected chi connectivity index (χ2v) is 9.49. The minimum Gasteiger partial charge on any atom is -0.462 e. The molecule has 2 aromatic rings. The van der Waals surface area contributed by atoms with Gasteiger partial charge in [-0.1, -0.05) is 37.6 Å². The van der Waals surface area contributed by atoms with Crippen molar-refractivity contribution in [3.8, 4) is 0 Å². The first-order valence-electron chi connectivity index (χ1n) is 9.54. The average Bonchev–Trinajstić information content (AvgIpc) is 3.16. The van der Waals surface area contributed by atoms with Crippen LogP contribution in [0.25, 0.3) is 11.0 Å². The fourth-order valence-corrected chi connectivity index (χ4v) is 5.88. The fraction of sp³-hybridized carbons (Fsp3) is 0.600. The third kappa shape index (κ3) is 2.70. The predicted octanol–water partition coefficient (Wildman–Crippen LogP) is 4.65. The summed E-state index contributed by atoms with van der Waals surface area (Å²) in [5.41, 5.74) is 8.40. The first kappa shape index (κ1) is 19.6. The van der Waals surface area contributed by atoms with Crippen LogP contribution in [-0.4, -0.2) is 24.8 Å². The Hall–Kier alpha value is -0.715. The highest BCUT2D eigenvalue weighted by Crippen LogP contribution is 2.65. The molecule has 0 amide bonds. The number of halogens is 2. The predicted molar refractivity (Wildman–Crippen MR) is 110 cm³/mol. The molecule has 3 saturated carbocycles. The van der Waals surface area contributed by atoms with Crippen LogP contribution in [0.3, 0.4) is 0 Å². The van der Waals surface area contributed by atoms with E-state index in [1.54, 1.807) is 6.26 Å². The molecule has 1 saturated heterocycles. The largest absolute Gasteiger partial charge is 0.475 e. The van der Waals surface area contributed by atoms with Gasteiger partial charge in [0.15, 0.2) is 5.58 Å². The SMILES string of the molecule is CC1(C)[C@@H]2C[C@H]3OB([C@@H](N)Cc4coc5c(Cl)cccc45)O[C@@]3(C)[C@H]1C2.Cl. The van der Waals surface area contributed by atoms with Crippen molar-refractivity contribution in [1.29, 1.82) is 0 Å². The maximum absolute atomic E-state index is 6.51. The molecule has 0 radical (unpaired) electrons. The van der Waals surface area contributed by atoms with E-state index in [4.69, 9.17) is 31.1 Å². The van der Waals surface area contributed by atoms with Gasteiger partial charge in [0.25, 0.3) is 0 Å². The van der Waals surface area contributed by atoms with E-state index in [1.165, 1.54) is 6.42 Å². The van der Waals surface area contributed by atoms with Crippen molar-refractivity contribution in [2.24, 2.45) is 23.0 Å². The lowest BCUT2D eigenvalue weighted by atomic mass is 9.43. The van der Waals surface area contributed by atoms with Crippen molar-refractivity contribution in [2.45, 2.75) is 57.7 Å². The molecule has 27 heavy (non-hydrogen) atoms. The molecular weight excluding hydrogens is 384 g/mol. The van der Waals surface area contributed by atoms with Gasteiger partial charge in [-0.2, -0.15) is 0 Å². The monoisotopic (exact) mass is 409 g/mol. The molecular formula is C20H26BCl2NO3. The number of furan rings is 1. The summed E-state index contributed by atoms with van der Waals surface area (Å²) in [7, 11) is -0.371. The molecule has 4 fully saturated rings. The Morgan fingerprint density at radius 1 is 1.30 bits per heavy atom. The summed E-state index contributed by atoms with van der Waals surface area (Å²) in [6, 6.07) is 5.78. The zero-order chi connectivity index (χ0) is 18.3. The van der Waals surface area contributed by atoms with E-state index >= 15 is 0 Å². The van der Waals surface area contributed by atoms with Crippen LogP contribution in [0, 0.1) is 17.3 Å². The van der Waals surface area contributed by atoms with Gasteiger partial charge in [0.1, 0.15) is 0 Å². The van der Waals surface area contributed by atoms with Gasteiger partial charge < -0.3 is 19.5 Å². The van der Waals surface area contributed by atoms with E-state index in [0.717, 1.165) is 23.3 Å². The number of rotatable bonds is 3. The van der Waals surface area contributed by atoms with Gasteiger partial charge in [-0.25, -0.2) is 0 Å². The maximum Gasteiger partial charge on any atom is 0.475 e. The van der Waals surface area contributed by atoms with Gasteiger partial charge in [0.05, 0.1) is 23.0 Å². The first-order valence-corrected chi connectivity index (χ1v) is 9.92. The summed E-state index contributed by atoms with van der Waals surface area (Å²) in [5, 5.41) is 1.63. The summed E-state index contributed by atoms with van der Waals surface area (Å²) in [5.74, 6) is 1.05. The second kappa shape index (κ2) is 6.40. The summed E-state index contributed by atoms with van der Waals surface area (Å²) in [6.45, 7) is 6.95. The van der Waals surface area contributed by atoms with Gasteiger partial charge in [-0.3, -0.25) is 0 Å². The molecule has 3 aliphatic carbocycles. The topological polar surface area (TPSA) is 57.6 Å². The normalized spacial score (nSPS) is 34.7. The molecule has 1 aliphatic heterocycles. The molecule has 146 valence electrons. The molecule has 5 atom stereocenters. The van der Waals surface area contributed by atoms with Crippen molar-refractivity contribution >= 4 is 42.1 Å². The Morgan fingerprint density at radius 3 is 2.81 bits per heavy atom. The molecule has 4 aliphatic rings. The first-order chi connectivity index (χ1) is 12.3. The number of benzene rings is 1. The van der Waals surface area contributed by atoms with E-state index in [1.807, 2.05) is 18.2 Å². The molecule has 0 unspecified atom stereocenters. The smallest absolute Gasteiger partial charge is 0.462 e. The van der Waals surface area contributed by atoms with Gasteiger partial charge in [0.2, 0.25) is 0 Å². The Kier molecular flexibility index (Phi) is 4.64. The van der Waals surface area contributed by atoms with Crippen molar-refractivity contribution < 1.29 is 13.7 Å². The molecule has 1 aromatic heterocycles. The molecule has 2 bridgehead atoms. The number of nitrogens with two attached hydrogens (primary N) is 1. The molecule has 1 aromatic carbocycles. The van der Waals surface area contributed by atoms with Crippen LogP contribution < -0.4 is 5.73 Å². The summed E-state index contributed by atoms with van der Waals surface area (Å²) in [4.78, 5) is 0. The molecule has 2 N–H and O–H groups in total. The number of para-hydroxylation sites is 1. The Bertz CT molecular complexity index is 872. The summed E-state index contributed by atoms with van der Waals surface area (Å²) < 4.78 is 18.4. The fourth-order valence-electron chi connectivity index (χ4n) is 5.67. The van der Waals surface area contributed by atoms with Crippen LogP contribution in [0.15, 0.2) is 28.9 Å². The van der Waals surface area contributed by atoms with Crippen molar-refractivity contribution in [3.05, 3.63) is 35.0 Å². The van der Waals surface area contributed by atoms with Crippen LogP contribution in [0.1, 0.15) is 39.2 Å². The minimum absolute atomic E-state index is 0. The highest BCUT2D eigenvalue weighted by atomic mass is 35.5. The number of fused-ring (bicyclic) bond motifs is 1. The zero-order valence-electron chi connectivity index (χ0n) is 15.9. The van der Waals surface area contributed by atoms with E-state index < -0.39 is 0 Å². The average molecular weight is 410 g/mol.